The van der Waals surface area contributed by atoms with Crippen molar-refractivity contribution in [1.82, 2.24) is 0 Å². The number of ether oxygens (including phenoxy) is 1. The standard InChI is InChI=1S/C20H14O4.C3H7N/c21-15-9-5-13(6-10-15)20(14-7-11-16(22)12-8-14)18-4-2-1-3-17(18)19(23)24-20;1-2-3-4/h1-12,21-22H;2H,1,3-4H2. The fourth-order valence-electron chi connectivity index (χ4n) is 3.20. The number of fused-ring (bicyclic) bond motifs is 1. The van der Waals surface area contributed by atoms with E-state index in [4.69, 9.17) is 10.5 Å². The Morgan fingerprint density at radius 1 is 0.893 bits per heavy atom. The van der Waals surface area contributed by atoms with E-state index in [9.17, 15) is 15.0 Å². The zero-order valence-corrected chi connectivity index (χ0v) is 15.2. The summed E-state index contributed by atoms with van der Waals surface area (Å²) in [5.74, 6) is -0.124. The number of esters is 1. The van der Waals surface area contributed by atoms with Gasteiger partial charge in [-0.3, -0.25) is 0 Å². The first kappa shape index (κ1) is 19.2. The van der Waals surface area contributed by atoms with Crippen LogP contribution in [-0.2, 0) is 10.3 Å². The molecule has 3 aromatic carbocycles. The molecule has 4 rings (SSSR count). The van der Waals surface area contributed by atoms with Gasteiger partial charge in [-0.05, 0) is 30.3 Å². The van der Waals surface area contributed by atoms with E-state index in [2.05, 4.69) is 6.58 Å². The maximum Gasteiger partial charge on any atom is 0.340 e. The van der Waals surface area contributed by atoms with Crippen LogP contribution in [0, 0.1) is 0 Å². The molecule has 0 saturated carbocycles. The Bertz CT molecular complexity index is 933. The van der Waals surface area contributed by atoms with Crippen LogP contribution in [-0.4, -0.2) is 22.7 Å². The minimum Gasteiger partial charge on any atom is -0.508 e. The second-order valence-electron chi connectivity index (χ2n) is 6.23. The molecular formula is C23H21NO4. The summed E-state index contributed by atoms with van der Waals surface area (Å²) in [5.41, 5.74) is 6.51. The van der Waals surface area contributed by atoms with Gasteiger partial charge in [0.1, 0.15) is 11.5 Å². The summed E-state index contributed by atoms with van der Waals surface area (Å²) >= 11 is 0. The van der Waals surface area contributed by atoms with Gasteiger partial charge < -0.3 is 20.7 Å². The highest BCUT2D eigenvalue weighted by Gasteiger charge is 2.48. The lowest BCUT2D eigenvalue weighted by molar-refractivity contribution is 0.0251. The molecule has 3 aromatic rings. The molecule has 0 atom stereocenters. The Hall–Kier alpha value is -3.57. The lowest BCUT2D eigenvalue weighted by atomic mass is 9.80. The van der Waals surface area contributed by atoms with Gasteiger partial charge in [0, 0.05) is 23.2 Å². The SMILES string of the molecule is C=CCN.O=C1OC(c2ccc(O)cc2)(c2ccc(O)cc2)c2ccccc21. The third-order valence-corrected chi connectivity index (χ3v) is 4.49. The number of rotatable bonds is 3. The largest absolute Gasteiger partial charge is 0.508 e. The molecule has 5 heteroatoms. The van der Waals surface area contributed by atoms with Crippen molar-refractivity contribution in [2.75, 3.05) is 6.54 Å². The van der Waals surface area contributed by atoms with Gasteiger partial charge in [0.25, 0.3) is 0 Å². The number of hydrogen-bond acceptors (Lipinski definition) is 5. The van der Waals surface area contributed by atoms with Crippen molar-refractivity contribution in [2.24, 2.45) is 5.73 Å². The zero-order valence-electron chi connectivity index (χ0n) is 15.2. The van der Waals surface area contributed by atoms with Gasteiger partial charge in [0.15, 0.2) is 5.60 Å². The highest BCUT2D eigenvalue weighted by molar-refractivity contribution is 5.96. The van der Waals surface area contributed by atoms with Crippen LogP contribution in [0.5, 0.6) is 11.5 Å². The third kappa shape index (κ3) is 3.35. The first-order valence-corrected chi connectivity index (χ1v) is 8.75. The number of nitrogens with two attached hydrogens (primary N) is 1. The van der Waals surface area contributed by atoms with Crippen molar-refractivity contribution in [1.29, 1.82) is 0 Å². The zero-order chi connectivity index (χ0) is 20.1. The summed E-state index contributed by atoms with van der Waals surface area (Å²) in [6.07, 6.45) is 1.65. The maximum absolute atomic E-state index is 12.4. The summed E-state index contributed by atoms with van der Waals surface area (Å²) in [6.45, 7) is 3.94. The van der Waals surface area contributed by atoms with Crippen LogP contribution < -0.4 is 5.73 Å². The number of cyclic esters (lactones) is 1. The summed E-state index contributed by atoms with van der Waals surface area (Å²) in [5, 5.41) is 19.2. The van der Waals surface area contributed by atoms with Gasteiger partial charge in [-0.1, -0.05) is 48.5 Å². The predicted molar refractivity (Wildman–Crippen MR) is 107 cm³/mol. The Balaban J connectivity index is 0.000000516. The normalized spacial score (nSPS) is 13.7. The van der Waals surface area contributed by atoms with E-state index in [-0.39, 0.29) is 11.5 Å². The molecule has 1 aliphatic rings. The fourth-order valence-corrected chi connectivity index (χ4v) is 3.20. The molecule has 142 valence electrons. The summed E-state index contributed by atoms with van der Waals surface area (Å²) in [4.78, 5) is 12.4. The number of phenols is 2. The topological polar surface area (TPSA) is 92.8 Å². The molecule has 28 heavy (non-hydrogen) atoms. The van der Waals surface area contributed by atoms with Crippen LogP contribution in [0.1, 0.15) is 27.0 Å². The molecule has 0 fully saturated rings. The lowest BCUT2D eigenvalue weighted by Crippen LogP contribution is -2.29. The Morgan fingerprint density at radius 2 is 1.36 bits per heavy atom. The van der Waals surface area contributed by atoms with E-state index in [0.717, 1.165) is 16.7 Å². The van der Waals surface area contributed by atoms with Crippen LogP contribution in [0.25, 0.3) is 0 Å². The molecule has 0 aromatic heterocycles. The van der Waals surface area contributed by atoms with Crippen molar-refractivity contribution in [3.63, 3.8) is 0 Å². The fraction of sp³-hybridized carbons (Fsp3) is 0.0870. The van der Waals surface area contributed by atoms with Crippen LogP contribution in [0.15, 0.2) is 85.5 Å². The van der Waals surface area contributed by atoms with Crippen LogP contribution in [0.4, 0.5) is 0 Å². The van der Waals surface area contributed by atoms with Crippen LogP contribution >= 0.6 is 0 Å². The lowest BCUT2D eigenvalue weighted by Gasteiger charge is -2.30. The third-order valence-electron chi connectivity index (χ3n) is 4.49. The van der Waals surface area contributed by atoms with Gasteiger partial charge in [-0.15, -0.1) is 6.58 Å². The molecule has 0 bridgehead atoms. The highest BCUT2D eigenvalue weighted by atomic mass is 16.6. The van der Waals surface area contributed by atoms with Crippen molar-refractivity contribution in [3.05, 3.63) is 108 Å². The summed E-state index contributed by atoms with van der Waals surface area (Å²) in [7, 11) is 0. The highest BCUT2D eigenvalue weighted by Crippen LogP contribution is 2.47. The first-order chi connectivity index (χ1) is 13.5. The molecule has 0 aliphatic carbocycles. The molecule has 1 aliphatic heterocycles. The molecular weight excluding hydrogens is 354 g/mol. The molecule has 0 radical (unpaired) electrons. The summed E-state index contributed by atoms with van der Waals surface area (Å²) in [6, 6.07) is 20.4. The maximum atomic E-state index is 12.4. The van der Waals surface area contributed by atoms with Gasteiger partial charge in [0.2, 0.25) is 0 Å². The second kappa shape index (κ2) is 7.98. The van der Waals surface area contributed by atoms with Crippen LogP contribution in [0.2, 0.25) is 0 Å². The Morgan fingerprint density at radius 3 is 1.82 bits per heavy atom. The number of hydrogen-bond donors (Lipinski definition) is 3. The van der Waals surface area contributed by atoms with E-state index in [1.54, 1.807) is 66.7 Å². The van der Waals surface area contributed by atoms with Gasteiger partial charge in [-0.2, -0.15) is 0 Å². The van der Waals surface area contributed by atoms with E-state index < -0.39 is 11.6 Å². The number of carbonyl (C=O) groups excluding carboxylic acids is 1. The minimum absolute atomic E-state index is 0.136. The van der Waals surface area contributed by atoms with Crippen molar-refractivity contribution in [3.8, 4) is 11.5 Å². The molecule has 0 amide bonds. The monoisotopic (exact) mass is 375 g/mol. The molecule has 4 N–H and O–H groups in total. The number of aromatic hydroxyl groups is 2. The number of carbonyl (C=O) groups is 1. The van der Waals surface area contributed by atoms with Gasteiger partial charge in [0.05, 0.1) is 5.56 Å². The average Bonchev–Trinajstić information content (AvgIpc) is 3.03. The van der Waals surface area contributed by atoms with E-state index in [1.807, 2.05) is 12.1 Å². The van der Waals surface area contributed by atoms with E-state index >= 15 is 0 Å². The van der Waals surface area contributed by atoms with Crippen molar-refractivity contribution in [2.45, 2.75) is 5.60 Å². The minimum atomic E-state index is -1.10. The van der Waals surface area contributed by atoms with E-state index in [0.29, 0.717) is 12.1 Å². The molecule has 0 saturated heterocycles. The predicted octanol–water partition coefficient (Wildman–Crippen LogP) is 3.69. The number of benzene rings is 3. The molecule has 1 heterocycles. The van der Waals surface area contributed by atoms with Gasteiger partial charge in [-0.25, -0.2) is 4.79 Å². The second-order valence-corrected chi connectivity index (χ2v) is 6.23. The van der Waals surface area contributed by atoms with Crippen LogP contribution in [0.3, 0.4) is 0 Å². The molecule has 5 nitrogen and oxygen atoms in total. The van der Waals surface area contributed by atoms with Crippen molar-refractivity contribution >= 4 is 5.97 Å². The van der Waals surface area contributed by atoms with E-state index in [1.165, 1.54) is 0 Å². The summed E-state index contributed by atoms with van der Waals surface area (Å²) < 4.78 is 5.87. The Labute approximate surface area is 163 Å². The quantitative estimate of drug-likeness (QED) is 0.480. The first-order valence-electron chi connectivity index (χ1n) is 8.75. The van der Waals surface area contributed by atoms with Gasteiger partial charge >= 0.3 is 5.97 Å². The molecule has 0 spiro atoms. The smallest absolute Gasteiger partial charge is 0.340 e. The Kier molecular flexibility index (Phi) is 5.47. The number of phenolic OH excluding ortho intramolecular Hbond substituents is 2. The average molecular weight is 375 g/mol. The van der Waals surface area contributed by atoms with Crippen molar-refractivity contribution < 1.29 is 19.7 Å². The molecule has 0 unspecified atom stereocenters.